The van der Waals surface area contributed by atoms with Crippen molar-refractivity contribution in [3.63, 3.8) is 0 Å². The number of alkyl halides is 3. The Morgan fingerprint density at radius 3 is 2.52 bits per heavy atom. The van der Waals surface area contributed by atoms with Crippen LogP contribution in [0.2, 0.25) is 0 Å². The highest BCUT2D eigenvalue weighted by molar-refractivity contribution is 14.0. The van der Waals surface area contributed by atoms with Gasteiger partial charge in [0.2, 0.25) is 0 Å². The highest BCUT2D eigenvalue weighted by Gasteiger charge is 2.26. The van der Waals surface area contributed by atoms with Gasteiger partial charge in [0.25, 0.3) is 0 Å². The van der Waals surface area contributed by atoms with Crippen LogP contribution < -0.4 is 15.4 Å². The van der Waals surface area contributed by atoms with E-state index in [0.29, 0.717) is 19.1 Å². The number of hydrogen-bond donors (Lipinski definition) is 2. The van der Waals surface area contributed by atoms with E-state index in [4.69, 9.17) is 4.74 Å². The maximum Gasteiger partial charge on any atom is 0.390 e. The minimum Gasteiger partial charge on any atom is -0.494 e. The Balaban J connectivity index is 0.00000484. The van der Waals surface area contributed by atoms with Crippen molar-refractivity contribution in [2.45, 2.75) is 33.0 Å². The number of hydrogen-bond acceptors (Lipinski definition) is 2. The molecule has 2 N–H and O–H groups in total. The predicted octanol–water partition coefficient (Wildman–Crippen LogP) is 3.63. The number of aliphatic imine (C=N–C) groups is 1. The maximum absolute atomic E-state index is 12.1. The largest absolute Gasteiger partial charge is 0.494 e. The smallest absolute Gasteiger partial charge is 0.390 e. The van der Waals surface area contributed by atoms with Gasteiger partial charge in [0.15, 0.2) is 5.96 Å². The summed E-state index contributed by atoms with van der Waals surface area (Å²) in [6, 6.07) is 5.82. The lowest BCUT2D eigenvalue weighted by Gasteiger charge is -2.15. The molecule has 0 heterocycles. The molecule has 0 radical (unpaired) electrons. The third-order valence-electron chi connectivity index (χ3n) is 2.89. The molecule has 1 aromatic rings. The molecule has 0 unspecified atom stereocenters. The SMILES string of the molecule is CCOc1cc(C)ccc1CNC(=NC)NCCC(F)(F)F.I. The fraction of sp³-hybridized carbons (Fsp3) is 0.533. The van der Waals surface area contributed by atoms with Gasteiger partial charge in [-0.05, 0) is 25.5 Å². The van der Waals surface area contributed by atoms with Crippen molar-refractivity contribution in [2.75, 3.05) is 20.2 Å². The van der Waals surface area contributed by atoms with Gasteiger partial charge in [-0.15, -0.1) is 24.0 Å². The minimum absolute atomic E-state index is 0. The summed E-state index contributed by atoms with van der Waals surface area (Å²) in [5.74, 6) is 1.09. The van der Waals surface area contributed by atoms with Crippen LogP contribution >= 0.6 is 24.0 Å². The molecule has 0 atom stereocenters. The van der Waals surface area contributed by atoms with Gasteiger partial charge in [0, 0.05) is 25.7 Å². The average Bonchev–Trinajstić information content (AvgIpc) is 2.43. The maximum atomic E-state index is 12.1. The Kier molecular flexibility index (Phi) is 10.0. The third kappa shape index (κ3) is 8.87. The first kappa shape index (κ1) is 21.8. The van der Waals surface area contributed by atoms with Crippen LogP contribution in [0, 0.1) is 6.92 Å². The zero-order valence-electron chi connectivity index (χ0n) is 13.5. The molecular weight excluding hydrogens is 422 g/mol. The van der Waals surface area contributed by atoms with E-state index in [1.54, 1.807) is 0 Å². The zero-order chi connectivity index (χ0) is 16.6. The first-order valence-corrected chi connectivity index (χ1v) is 7.09. The van der Waals surface area contributed by atoms with Crippen molar-refractivity contribution in [3.8, 4) is 5.75 Å². The van der Waals surface area contributed by atoms with Gasteiger partial charge in [-0.25, -0.2) is 0 Å². The van der Waals surface area contributed by atoms with Gasteiger partial charge in [-0.2, -0.15) is 13.2 Å². The molecular formula is C15H23F3IN3O. The molecule has 0 fully saturated rings. The molecule has 1 aromatic carbocycles. The molecule has 0 aliphatic heterocycles. The van der Waals surface area contributed by atoms with Crippen molar-refractivity contribution in [3.05, 3.63) is 29.3 Å². The molecule has 132 valence electrons. The Morgan fingerprint density at radius 1 is 1.26 bits per heavy atom. The molecule has 0 amide bonds. The van der Waals surface area contributed by atoms with Crippen LogP contribution in [0.5, 0.6) is 5.75 Å². The van der Waals surface area contributed by atoms with Crippen molar-refractivity contribution >= 4 is 29.9 Å². The Hall–Kier alpha value is -1.19. The van der Waals surface area contributed by atoms with E-state index in [1.165, 1.54) is 7.05 Å². The Labute approximate surface area is 151 Å². The number of benzene rings is 1. The third-order valence-corrected chi connectivity index (χ3v) is 2.89. The number of nitrogens with one attached hydrogen (secondary N) is 2. The fourth-order valence-electron chi connectivity index (χ4n) is 1.82. The number of halogens is 4. The predicted molar refractivity (Wildman–Crippen MR) is 96.6 cm³/mol. The minimum atomic E-state index is -4.18. The van der Waals surface area contributed by atoms with Crippen molar-refractivity contribution < 1.29 is 17.9 Å². The molecule has 0 saturated carbocycles. The van der Waals surface area contributed by atoms with Gasteiger partial charge >= 0.3 is 6.18 Å². The lowest BCUT2D eigenvalue weighted by atomic mass is 10.1. The second kappa shape index (κ2) is 10.6. The van der Waals surface area contributed by atoms with Gasteiger partial charge in [0.1, 0.15) is 5.75 Å². The van der Waals surface area contributed by atoms with E-state index in [2.05, 4.69) is 15.6 Å². The second-order valence-electron chi connectivity index (χ2n) is 4.76. The lowest BCUT2D eigenvalue weighted by Crippen LogP contribution is -2.38. The van der Waals surface area contributed by atoms with E-state index < -0.39 is 12.6 Å². The van der Waals surface area contributed by atoms with Crippen molar-refractivity contribution in [1.29, 1.82) is 0 Å². The molecule has 0 aliphatic rings. The Morgan fingerprint density at radius 2 is 1.96 bits per heavy atom. The lowest BCUT2D eigenvalue weighted by molar-refractivity contribution is -0.132. The van der Waals surface area contributed by atoms with E-state index in [9.17, 15) is 13.2 Å². The molecule has 4 nitrogen and oxygen atoms in total. The number of guanidine groups is 1. The van der Waals surface area contributed by atoms with E-state index >= 15 is 0 Å². The van der Waals surface area contributed by atoms with Crippen molar-refractivity contribution in [1.82, 2.24) is 10.6 Å². The zero-order valence-corrected chi connectivity index (χ0v) is 15.8. The van der Waals surface area contributed by atoms with Gasteiger partial charge in [-0.1, -0.05) is 12.1 Å². The quantitative estimate of drug-likeness (QED) is 0.400. The monoisotopic (exact) mass is 445 g/mol. The first-order valence-electron chi connectivity index (χ1n) is 7.09. The molecule has 0 saturated heterocycles. The average molecular weight is 445 g/mol. The molecule has 0 spiro atoms. The summed E-state index contributed by atoms with van der Waals surface area (Å²) in [6.45, 7) is 4.63. The normalized spacial score (nSPS) is 11.7. The molecule has 0 aromatic heterocycles. The summed E-state index contributed by atoms with van der Waals surface area (Å²) in [5.41, 5.74) is 2.01. The molecule has 0 bridgehead atoms. The summed E-state index contributed by atoms with van der Waals surface area (Å²) in [4.78, 5) is 3.90. The van der Waals surface area contributed by atoms with Crippen LogP contribution in [0.25, 0.3) is 0 Å². The van der Waals surface area contributed by atoms with Crippen LogP contribution in [0.4, 0.5) is 13.2 Å². The number of aryl methyl sites for hydroxylation is 1. The van der Waals surface area contributed by atoms with Crippen LogP contribution in [-0.4, -0.2) is 32.3 Å². The topological polar surface area (TPSA) is 45.6 Å². The number of ether oxygens (including phenoxy) is 1. The highest BCUT2D eigenvalue weighted by atomic mass is 127. The number of nitrogens with zero attached hydrogens (tertiary/aromatic N) is 1. The fourth-order valence-corrected chi connectivity index (χ4v) is 1.82. The molecule has 1 rings (SSSR count). The van der Waals surface area contributed by atoms with Crippen LogP contribution in [0.15, 0.2) is 23.2 Å². The number of rotatable bonds is 6. The van der Waals surface area contributed by atoms with Crippen molar-refractivity contribution in [2.24, 2.45) is 4.99 Å². The second-order valence-corrected chi connectivity index (χ2v) is 4.76. The Bertz CT molecular complexity index is 507. The molecule has 0 aliphatic carbocycles. The first-order chi connectivity index (χ1) is 10.4. The highest BCUT2D eigenvalue weighted by Crippen LogP contribution is 2.20. The van der Waals surface area contributed by atoms with Crippen LogP contribution in [0.3, 0.4) is 0 Å². The van der Waals surface area contributed by atoms with Gasteiger partial charge < -0.3 is 15.4 Å². The summed E-state index contributed by atoms with van der Waals surface area (Å²) in [7, 11) is 1.52. The van der Waals surface area contributed by atoms with Crippen LogP contribution in [-0.2, 0) is 6.54 Å². The summed E-state index contributed by atoms with van der Waals surface area (Å²) in [5, 5.41) is 5.62. The van der Waals surface area contributed by atoms with E-state index in [0.717, 1.165) is 16.9 Å². The van der Waals surface area contributed by atoms with Crippen LogP contribution in [0.1, 0.15) is 24.5 Å². The standard InChI is InChI=1S/C15H22F3N3O.HI/c1-4-22-13-9-11(2)5-6-12(13)10-21-14(19-3)20-8-7-15(16,17)18;/h5-6,9H,4,7-8,10H2,1-3H3,(H2,19,20,21);1H. The molecule has 23 heavy (non-hydrogen) atoms. The molecule has 8 heteroatoms. The summed E-state index contributed by atoms with van der Waals surface area (Å²) in [6.07, 6.45) is -5.08. The van der Waals surface area contributed by atoms with Gasteiger partial charge in [0.05, 0.1) is 13.0 Å². The van der Waals surface area contributed by atoms with E-state index in [1.807, 2.05) is 32.0 Å². The van der Waals surface area contributed by atoms with Gasteiger partial charge in [-0.3, -0.25) is 4.99 Å². The van der Waals surface area contributed by atoms with E-state index in [-0.39, 0.29) is 30.5 Å². The summed E-state index contributed by atoms with van der Waals surface area (Å²) >= 11 is 0. The summed E-state index contributed by atoms with van der Waals surface area (Å²) < 4.78 is 41.9.